The second kappa shape index (κ2) is 15.4. The standard InChI is InChI=1S/C28H40O4S2/c1-4-5-6-7-8-9-10-11-12-13-14-24-15-21-27(22-16-24)34(30,31)32-23(2)28(29)25-17-19-26(33-3)20-18-25/h15-23H,4-14H2,1-3H3. The highest BCUT2D eigenvalue weighted by molar-refractivity contribution is 7.98. The van der Waals surface area contributed by atoms with Crippen LogP contribution in [-0.2, 0) is 20.7 Å². The first kappa shape index (κ1) is 28.6. The second-order valence-electron chi connectivity index (χ2n) is 8.86. The number of hydrogen-bond acceptors (Lipinski definition) is 5. The highest BCUT2D eigenvalue weighted by Gasteiger charge is 2.24. The third-order valence-electron chi connectivity index (χ3n) is 6.05. The summed E-state index contributed by atoms with van der Waals surface area (Å²) in [7, 11) is -4.01. The van der Waals surface area contributed by atoms with Crippen LogP contribution in [0, 0.1) is 0 Å². The molecule has 0 amide bonds. The Labute approximate surface area is 211 Å². The fourth-order valence-electron chi connectivity index (χ4n) is 3.92. The first-order valence-electron chi connectivity index (χ1n) is 12.6. The number of carbonyl (C=O) groups is 1. The molecule has 4 nitrogen and oxygen atoms in total. The number of thioether (sulfide) groups is 1. The molecular weight excluding hydrogens is 464 g/mol. The van der Waals surface area contributed by atoms with E-state index in [2.05, 4.69) is 6.92 Å². The zero-order chi connectivity index (χ0) is 24.8. The Morgan fingerprint density at radius 2 is 1.35 bits per heavy atom. The van der Waals surface area contributed by atoms with Crippen molar-refractivity contribution in [3.8, 4) is 0 Å². The number of ketones is 1. The van der Waals surface area contributed by atoms with Crippen molar-refractivity contribution in [2.75, 3.05) is 6.26 Å². The van der Waals surface area contributed by atoms with E-state index in [9.17, 15) is 13.2 Å². The zero-order valence-corrected chi connectivity index (χ0v) is 22.6. The SMILES string of the molecule is CCCCCCCCCCCCc1ccc(S(=O)(=O)OC(C)C(=O)c2ccc(SC)cc2)cc1. The van der Waals surface area contributed by atoms with Crippen molar-refractivity contribution in [2.24, 2.45) is 0 Å². The smallest absolute Gasteiger partial charge is 0.291 e. The lowest BCUT2D eigenvalue weighted by Gasteiger charge is -2.13. The Bertz CT molecular complexity index is 951. The second-order valence-corrected chi connectivity index (χ2v) is 11.3. The Kier molecular flexibility index (Phi) is 12.9. The molecule has 188 valence electrons. The van der Waals surface area contributed by atoms with Gasteiger partial charge in [0.15, 0.2) is 5.78 Å². The molecule has 6 heteroatoms. The molecule has 0 saturated heterocycles. The van der Waals surface area contributed by atoms with Gasteiger partial charge < -0.3 is 0 Å². The maximum atomic E-state index is 12.7. The lowest BCUT2D eigenvalue weighted by Crippen LogP contribution is -2.24. The topological polar surface area (TPSA) is 60.4 Å². The quantitative estimate of drug-likeness (QED) is 0.0950. The molecule has 0 N–H and O–H groups in total. The van der Waals surface area contributed by atoms with Gasteiger partial charge in [0.05, 0.1) is 4.90 Å². The normalized spacial score (nSPS) is 12.6. The first-order valence-corrected chi connectivity index (χ1v) is 15.2. The molecule has 2 aromatic carbocycles. The third-order valence-corrected chi connectivity index (χ3v) is 8.18. The molecule has 2 aromatic rings. The minimum atomic E-state index is -4.01. The van der Waals surface area contributed by atoms with E-state index < -0.39 is 16.2 Å². The van der Waals surface area contributed by atoms with Crippen LogP contribution >= 0.6 is 11.8 Å². The van der Waals surface area contributed by atoms with Crippen LogP contribution in [0.2, 0.25) is 0 Å². The van der Waals surface area contributed by atoms with Crippen LogP contribution in [-0.4, -0.2) is 26.6 Å². The molecule has 0 radical (unpaired) electrons. The molecule has 0 aromatic heterocycles. The van der Waals surface area contributed by atoms with Crippen LogP contribution < -0.4 is 0 Å². The summed E-state index contributed by atoms with van der Waals surface area (Å²) in [6.45, 7) is 3.72. The molecule has 0 fully saturated rings. The zero-order valence-electron chi connectivity index (χ0n) is 20.9. The molecular formula is C28H40O4S2. The van der Waals surface area contributed by atoms with Crippen molar-refractivity contribution >= 4 is 27.7 Å². The summed E-state index contributed by atoms with van der Waals surface area (Å²) in [5, 5.41) is 0. The Morgan fingerprint density at radius 3 is 1.88 bits per heavy atom. The van der Waals surface area contributed by atoms with E-state index >= 15 is 0 Å². The number of rotatable bonds is 17. The average Bonchev–Trinajstić information content (AvgIpc) is 2.84. The molecule has 34 heavy (non-hydrogen) atoms. The average molecular weight is 505 g/mol. The number of unbranched alkanes of at least 4 members (excludes halogenated alkanes) is 9. The number of aryl methyl sites for hydroxylation is 1. The van der Waals surface area contributed by atoms with Gasteiger partial charge in [-0.05, 0) is 55.9 Å². The van der Waals surface area contributed by atoms with Crippen molar-refractivity contribution in [2.45, 2.75) is 100 Å². The van der Waals surface area contributed by atoms with Crippen molar-refractivity contribution in [1.82, 2.24) is 0 Å². The lowest BCUT2D eigenvalue weighted by atomic mass is 10.0. The van der Waals surface area contributed by atoms with Gasteiger partial charge in [0, 0.05) is 10.5 Å². The van der Waals surface area contributed by atoms with Crippen molar-refractivity contribution < 1.29 is 17.4 Å². The monoisotopic (exact) mass is 504 g/mol. The van der Waals surface area contributed by atoms with Crippen LogP contribution in [0.15, 0.2) is 58.3 Å². The van der Waals surface area contributed by atoms with Crippen LogP contribution in [0.1, 0.15) is 94.0 Å². The predicted molar refractivity (Wildman–Crippen MR) is 142 cm³/mol. The van der Waals surface area contributed by atoms with Crippen molar-refractivity contribution in [1.29, 1.82) is 0 Å². The van der Waals surface area contributed by atoms with Gasteiger partial charge in [-0.2, -0.15) is 8.42 Å². The van der Waals surface area contributed by atoms with Gasteiger partial charge in [0.1, 0.15) is 6.10 Å². The predicted octanol–water partition coefficient (Wildman–Crippen LogP) is 7.85. The minimum Gasteiger partial charge on any atom is -0.291 e. The maximum Gasteiger partial charge on any atom is 0.297 e. The summed E-state index contributed by atoms with van der Waals surface area (Å²) in [6.07, 6.45) is 14.8. The lowest BCUT2D eigenvalue weighted by molar-refractivity contribution is 0.0825. The van der Waals surface area contributed by atoms with Gasteiger partial charge in [-0.3, -0.25) is 8.98 Å². The van der Waals surface area contributed by atoms with E-state index in [1.54, 1.807) is 36.0 Å². The highest BCUT2D eigenvalue weighted by Crippen LogP contribution is 2.20. The molecule has 0 aliphatic heterocycles. The Morgan fingerprint density at radius 1 is 0.824 bits per heavy atom. The van der Waals surface area contributed by atoms with E-state index in [1.807, 2.05) is 30.5 Å². The van der Waals surface area contributed by atoms with Gasteiger partial charge in [-0.15, -0.1) is 11.8 Å². The highest BCUT2D eigenvalue weighted by atomic mass is 32.2. The number of hydrogen-bond donors (Lipinski definition) is 0. The first-order chi connectivity index (χ1) is 16.4. The molecule has 1 atom stereocenters. The molecule has 0 spiro atoms. The van der Waals surface area contributed by atoms with Gasteiger partial charge in [-0.1, -0.05) is 89.0 Å². The minimum absolute atomic E-state index is 0.0803. The molecule has 0 aliphatic carbocycles. The summed E-state index contributed by atoms with van der Waals surface area (Å²) < 4.78 is 30.5. The molecule has 0 heterocycles. The van der Waals surface area contributed by atoms with Crippen molar-refractivity contribution in [3.05, 3.63) is 59.7 Å². The van der Waals surface area contributed by atoms with Crippen LogP contribution in [0.5, 0.6) is 0 Å². The van der Waals surface area contributed by atoms with Gasteiger partial charge in [-0.25, -0.2) is 0 Å². The van der Waals surface area contributed by atoms with Crippen LogP contribution in [0.25, 0.3) is 0 Å². The van der Waals surface area contributed by atoms with Crippen molar-refractivity contribution in [3.63, 3.8) is 0 Å². The van der Waals surface area contributed by atoms with Gasteiger partial charge in [0.2, 0.25) is 0 Å². The van der Waals surface area contributed by atoms with E-state index in [0.717, 1.165) is 23.3 Å². The molecule has 0 saturated carbocycles. The summed E-state index contributed by atoms with van der Waals surface area (Å²) in [5.74, 6) is -0.353. The molecule has 1 unspecified atom stereocenters. The van der Waals surface area contributed by atoms with Crippen LogP contribution in [0.3, 0.4) is 0 Å². The largest absolute Gasteiger partial charge is 0.297 e. The molecule has 2 rings (SSSR count). The van der Waals surface area contributed by atoms with Crippen LogP contribution in [0.4, 0.5) is 0 Å². The summed E-state index contributed by atoms with van der Waals surface area (Å²) >= 11 is 1.58. The third kappa shape index (κ3) is 9.93. The van der Waals surface area contributed by atoms with E-state index in [-0.39, 0.29) is 10.7 Å². The Balaban J connectivity index is 1.75. The summed E-state index contributed by atoms with van der Waals surface area (Å²) in [4.78, 5) is 13.7. The van der Waals surface area contributed by atoms with Gasteiger partial charge in [0.25, 0.3) is 10.1 Å². The summed E-state index contributed by atoms with van der Waals surface area (Å²) in [5.41, 5.74) is 1.56. The maximum absolute atomic E-state index is 12.7. The molecule has 0 aliphatic rings. The fourth-order valence-corrected chi connectivity index (χ4v) is 5.37. The fraction of sp³-hybridized carbons (Fsp3) is 0.536. The number of benzene rings is 2. The van der Waals surface area contributed by atoms with E-state index in [1.165, 1.54) is 64.7 Å². The van der Waals surface area contributed by atoms with E-state index in [0.29, 0.717) is 5.56 Å². The Hall–Kier alpha value is -1.63. The van der Waals surface area contributed by atoms with Gasteiger partial charge >= 0.3 is 0 Å². The summed E-state index contributed by atoms with van der Waals surface area (Å²) in [6, 6.07) is 13.9. The number of carbonyl (C=O) groups excluding carboxylic acids is 1. The number of Topliss-reactive ketones (excluding diaryl/α,β-unsaturated/α-hetero) is 1. The molecule has 0 bridgehead atoms. The van der Waals surface area contributed by atoms with E-state index in [4.69, 9.17) is 4.18 Å².